The molecule has 0 aliphatic heterocycles. The molecule has 0 bridgehead atoms. The average Bonchev–Trinajstić information content (AvgIpc) is 2.60. The summed E-state index contributed by atoms with van der Waals surface area (Å²) in [4.78, 5) is 15.4. The van der Waals surface area contributed by atoms with Gasteiger partial charge < -0.3 is 10.2 Å². The van der Waals surface area contributed by atoms with Gasteiger partial charge in [-0.05, 0) is 30.7 Å². The van der Waals surface area contributed by atoms with E-state index in [1.807, 2.05) is 43.3 Å². The Labute approximate surface area is 142 Å². The highest BCUT2D eigenvalue weighted by atomic mass is 15.2. The Morgan fingerprint density at radius 1 is 0.958 bits per heavy atom. The van der Waals surface area contributed by atoms with Gasteiger partial charge in [-0.1, -0.05) is 35.9 Å². The minimum absolute atomic E-state index is 0.108. The third-order valence-electron chi connectivity index (χ3n) is 3.73. The molecule has 1 unspecified atom stereocenters. The van der Waals surface area contributed by atoms with E-state index in [2.05, 4.69) is 51.5 Å². The van der Waals surface area contributed by atoms with Gasteiger partial charge in [0.15, 0.2) is 0 Å². The minimum Gasteiger partial charge on any atom is -0.363 e. The first kappa shape index (κ1) is 15.9. The smallest absolute Gasteiger partial charge is 0.225 e. The van der Waals surface area contributed by atoms with E-state index >= 15 is 0 Å². The van der Waals surface area contributed by atoms with Gasteiger partial charge in [-0.3, -0.25) is 4.98 Å². The largest absolute Gasteiger partial charge is 0.363 e. The molecule has 24 heavy (non-hydrogen) atoms. The van der Waals surface area contributed by atoms with Crippen LogP contribution in [0, 0.1) is 6.92 Å². The molecule has 3 aromatic rings. The van der Waals surface area contributed by atoms with Crippen molar-refractivity contribution in [2.75, 3.05) is 24.3 Å². The Hall–Kier alpha value is -2.95. The number of pyridine rings is 1. The van der Waals surface area contributed by atoms with Crippen LogP contribution in [0.3, 0.4) is 0 Å². The van der Waals surface area contributed by atoms with Crippen molar-refractivity contribution in [2.45, 2.75) is 13.0 Å². The normalized spacial score (nSPS) is 11.8. The van der Waals surface area contributed by atoms with Crippen LogP contribution in [0.2, 0.25) is 0 Å². The summed E-state index contributed by atoms with van der Waals surface area (Å²) >= 11 is 0. The van der Waals surface area contributed by atoms with Crippen LogP contribution >= 0.6 is 0 Å². The van der Waals surface area contributed by atoms with Crippen LogP contribution in [-0.2, 0) is 0 Å². The van der Waals surface area contributed by atoms with Crippen molar-refractivity contribution in [2.24, 2.45) is 0 Å². The number of aromatic nitrogens is 3. The van der Waals surface area contributed by atoms with E-state index in [9.17, 15) is 0 Å². The molecule has 2 heterocycles. The molecule has 2 aromatic heterocycles. The first-order valence-electron chi connectivity index (χ1n) is 7.88. The number of nitrogens with zero attached hydrogens (tertiary/aromatic N) is 4. The van der Waals surface area contributed by atoms with E-state index in [1.54, 1.807) is 12.4 Å². The quantitative estimate of drug-likeness (QED) is 0.780. The topological polar surface area (TPSA) is 53.9 Å². The van der Waals surface area contributed by atoms with Gasteiger partial charge in [0.1, 0.15) is 5.82 Å². The summed E-state index contributed by atoms with van der Waals surface area (Å²) in [7, 11) is 3.92. The molecule has 122 valence electrons. The van der Waals surface area contributed by atoms with Crippen molar-refractivity contribution in [3.05, 3.63) is 77.7 Å². The van der Waals surface area contributed by atoms with Crippen molar-refractivity contribution in [1.82, 2.24) is 15.0 Å². The molecule has 1 atom stereocenters. The third kappa shape index (κ3) is 3.68. The molecule has 0 aliphatic rings. The van der Waals surface area contributed by atoms with Crippen LogP contribution in [0.4, 0.5) is 11.8 Å². The fraction of sp³-hybridized carbons (Fsp3) is 0.211. The number of rotatable bonds is 5. The maximum Gasteiger partial charge on any atom is 0.225 e. The molecular weight excluding hydrogens is 298 g/mol. The van der Waals surface area contributed by atoms with Crippen LogP contribution in [0.1, 0.15) is 22.9 Å². The molecule has 3 rings (SSSR count). The lowest BCUT2D eigenvalue weighted by Gasteiger charge is -2.20. The number of anilines is 2. The third-order valence-corrected chi connectivity index (χ3v) is 3.73. The molecule has 0 spiro atoms. The first-order valence-corrected chi connectivity index (χ1v) is 7.88. The van der Waals surface area contributed by atoms with E-state index in [0.717, 1.165) is 17.1 Å². The molecule has 5 nitrogen and oxygen atoms in total. The van der Waals surface area contributed by atoms with Crippen LogP contribution in [0.15, 0.2) is 60.9 Å². The zero-order valence-electron chi connectivity index (χ0n) is 14.1. The number of aryl methyl sites for hydroxylation is 1. The van der Waals surface area contributed by atoms with Crippen LogP contribution in [0.25, 0.3) is 0 Å². The molecule has 0 radical (unpaired) electrons. The minimum atomic E-state index is -0.108. The number of benzene rings is 1. The highest BCUT2D eigenvalue weighted by Gasteiger charge is 2.17. The lowest BCUT2D eigenvalue weighted by atomic mass is 10.0. The highest BCUT2D eigenvalue weighted by molar-refractivity contribution is 5.44. The predicted octanol–water partition coefficient (Wildman–Crippen LogP) is 3.45. The van der Waals surface area contributed by atoms with E-state index in [0.29, 0.717) is 5.95 Å². The molecule has 1 N–H and O–H groups in total. The van der Waals surface area contributed by atoms with Crippen LogP contribution < -0.4 is 10.2 Å². The predicted molar refractivity (Wildman–Crippen MR) is 97.2 cm³/mol. The summed E-state index contributed by atoms with van der Waals surface area (Å²) in [5, 5.41) is 3.42. The number of nitrogens with one attached hydrogen (secondary N) is 1. The summed E-state index contributed by atoms with van der Waals surface area (Å²) in [5.41, 5.74) is 3.27. The van der Waals surface area contributed by atoms with Gasteiger partial charge in [-0.25, -0.2) is 4.98 Å². The lowest BCUT2D eigenvalue weighted by molar-refractivity contribution is 0.861. The summed E-state index contributed by atoms with van der Waals surface area (Å²) in [6.07, 6.45) is 3.56. The fourth-order valence-corrected chi connectivity index (χ4v) is 2.52. The fourth-order valence-electron chi connectivity index (χ4n) is 2.52. The zero-order valence-corrected chi connectivity index (χ0v) is 14.1. The van der Waals surface area contributed by atoms with E-state index in [-0.39, 0.29) is 6.04 Å². The average molecular weight is 319 g/mol. The Balaban J connectivity index is 1.98. The van der Waals surface area contributed by atoms with Crippen molar-refractivity contribution < 1.29 is 0 Å². The number of hydrogen-bond acceptors (Lipinski definition) is 5. The van der Waals surface area contributed by atoms with E-state index in [1.165, 1.54) is 5.56 Å². The lowest BCUT2D eigenvalue weighted by Crippen LogP contribution is -2.17. The molecule has 0 fully saturated rings. The van der Waals surface area contributed by atoms with Gasteiger partial charge >= 0.3 is 0 Å². The van der Waals surface area contributed by atoms with Crippen molar-refractivity contribution >= 4 is 11.8 Å². The van der Waals surface area contributed by atoms with E-state index < -0.39 is 0 Å². The van der Waals surface area contributed by atoms with Gasteiger partial charge in [-0.2, -0.15) is 4.98 Å². The van der Waals surface area contributed by atoms with Gasteiger partial charge in [0.2, 0.25) is 5.95 Å². The van der Waals surface area contributed by atoms with Crippen molar-refractivity contribution in [1.29, 1.82) is 0 Å². The Morgan fingerprint density at radius 2 is 1.83 bits per heavy atom. The summed E-state index contributed by atoms with van der Waals surface area (Å²) < 4.78 is 0. The van der Waals surface area contributed by atoms with E-state index in [4.69, 9.17) is 0 Å². The Morgan fingerprint density at radius 3 is 2.54 bits per heavy atom. The standard InChI is InChI=1S/C19H21N5/c1-14-7-6-8-15(13-14)18(16-9-4-5-11-20-16)23-19-21-12-10-17(22-19)24(2)3/h4-13,18H,1-3H3,(H,21,22,23). The SMILES string of the molecule is Cc1cccc(C(Nc2nccc(N(C)C)n2)c2ccccn2)c1. The van der Waals surface area contributed by atoms with Crippen molar-refractivity contribution in [3.8, 4) is 0 Å². The van der Waals surface area contributed by atoms with Gasteiger partial charge in [0.25, 0.3) is 0 Å². The zero-order chi connectivity index (χ0) is 16.9. The molecule has 0 saturated heterocycles. The molecule has 0 aliphatic carbocycles. The maximum absolute atomic E-state index is 4.56. The van der Waals surface area contributed by atoms with Gasteiger partial charge in [-0.15, -0.1) is 0 Å². The second-order valence-corrected chi connectivity index (χ2v) is 5.88. The molecule has 1 aromatic carbocycles. The Kier molecular flexibility index (Phi) is 4.70. The summed E-state index contributed by atoms with van der Waals surface area (Å²) in [5.74, 6) is 1.44. The van der Waals surface area contributed by atoms with Gasteiger partial charge in [0, 0.05) is 26.5 Å². The van der Waals surface area contributed by atoms with Gasteiger partial charge in [0.05, 0.1) is 11.7 Å². The summed E-state index contributed by atoms with van der Waals surface area (Å²) in [6, 6.07) is 16.1. The molecular formula is C19H21N5. The maximum atomic E-state index is 4.56. The number of hydrogen-bond donors (Lipinski definition) is 1. The second kappa shape index (κ2) is 7.08. The second-order valence-electron chi connectivity index (χ2n) is 5.88. The first-order chi connectivity index (χ1) is 11.6. The molecule has 0 saturated carbocycles. The van der Waals surface area contributed by atoms with Crippen LogP contribution in [-0.4, -0.2) is 29.0 Å². The molecule has 0 amide bonds. The highest BCUT2D eigenvalue weighted by Crippen LogP contribution is 2.25. The monoisotopic (exact) mass is 319 g/mol. The van der Waals surface area contributed by atoms with Crippen LogP contribution in [0.5, 0.6) is 0 Å². The Bertz CT molecular complexity index is 802. The summed E-state index contributed by atoms with van der Waals surface area (Å²) in [6.45, 7) is 2.09. The molecule has 5 heteroatoms. The van der Waals surface area contributed by atoms with Crippen molar-refractivity contribution in [3.63, 3.8) is 0 Å².